The van der Waals surface area contributed by atoms with Crippen molar-refractivity contribution < 1.29 is 4.39 Å². The lowest BCUT2D eigenvalue weighted by molar-refractivity contribution is 0.559. The van der Waals surface area contributed by atoms with Crippen molar-refractivity contribution in [3.8, 4) is 0 Å². The molecule has 0 bridgehead atoms. The van der Waals surface area contributed by atoms with E-state index in [1.54, 1.807) is 17.8 Å². The molecule has 1 heterocycles. The number of hydrogen-bond acceptors (Lipinski definition) is 2. The molecule has 0 aliphatic heterocycles. The van der Waals surface area contributed by atoms with Crippen molar-refractivity contribution in [3.63, 3.8) is 0 Å². The maximum absolute atomic E-state index is 14.0. The average molecular weight is 315 g/mol. The lowest BCUT2D eigenvalue weighted by atomic mass is 9.95. The first kappa shape index (κ1) is 15.5. The number of nitrogens with one attached hydrogen (secondary N) is 2. The quantitative estimate of drug-likeness (QED) is 0.655. The molecular formula is C17H22FN5. The lowest BCUT2D eigenvalue weighted by Gasteiger charge is -2.19. The zero-order valence-electron chi connectivity index (χ0n) is 13.5. The second kappa shape index (κ2) is 6.40. The Morgan fingerprint density at radius 3 is 2.74 bits per heavy atom. The molecule has 1 aliphatic carbocycles. The number of aromatic nitrogens is 2. The summed E-state index contributed by atoms with van der Waals surface area (Å²) in [5.41, 5.74) is 1.79. The van der Waals surface area contributed by atoms with Gasteiger partial charge in [0.05, 0.1) is 6.20 Å². The van der Waals surface area contributed by atoms with Crippen LogP contribution in [0.3, 0.4) is 0 Å². The van der Waals surface area contributed by atoms with Gasteiger partial charge in [-0.15, -0.1) is 0 Å². The van der Waals surface area contributed by atoms with Crippen molar-refractivity contribution in [3.05, 3.63) is 53.6 Å². The van der Waals surface area contributed by atoms with Crippen molar-refractivity contribution in [2.24, 2.45) is 12.0 Å². The van der Waals surface area contributed by atoms with Gasteiger partial charge < -0.3 is 10.6 Å². The minimum Gasteiger partial charge on any atom is -0.356 e. The zero-order chi connectivity index (χ0) is 16.3. The summed E-state index contributed by atoms with van der Waals surface area (Å²) < 4.78 is 15.8. The molecule has 2 aromatic rings. The third-order valence-electron chi connectivity index (χ3n) is 4.33. The van der Waals surface area contributed by atoms with Crippen molar-refractivity contribution >= 4 is 5.96 Å². The van der Waals surface area contributed by atoms with Gasteiger partial charge in [0.2, 0.25) is 0 Å². The van der Waals surface area contributed by atoms with Crippen molar-refractivity contribution in [1.29, 1.82) is 0 Å². The van der Waals surface area contributed by atoms with E-state index in [0.29, 0.717) is 13.1 Å². The van der Waals surface area contributed by atoms with Crippen molar-refractivity contribution in [1.82, 2.24) is 20.4 Å². The summed E-state index contributed by atoms with van der Waals surface area (Å²) >= 11 is 0. The topological polar surface area (TPSA) is 54.2 Å². The first-order valence-electron chi connectivity index (χ1n) is 7.80. The predicted octanol–water partition coefficient (Wildman–Crippen LogP) is 1.96. The standard InChI is InChI=1S/C17H22FN5/c1-19-16(20-9-13-10-22-23(2)11-13)21-12-17(7-8-17)14-5-3-4-6-15(14)18/h3-6,10-11H,7-9,12H2,1-2H3,(H2,19,20,21). The third-order valence-corrected chi connectivity index (χ3v) is 4.33. The molecule has 0 saturated heterocycles. The highest BCUT2D eigenvalue weighted by atomic mass is 19.1. The number of halogens is 1. The number of rotatable bonds is 5. The summed E-state index contributed by atoms with van der Waals surface area (Å²) in [6, 6.07) is 7.05. The Labute approximate surface area is 135 Å². The first-order valence-corrected chi connectivity index (χ1v) is 7.80. The first-order chi connectivity index (χ1) is 11.1. The third kappa shape index (κ3) is 3.52. The van der Waals surface area contributed by atoms with Crippen LogP contribution in [0.2, 0.25) is 0 Å². The van der Waals surface area contributed by atoms with Gasteiger partial charge in [-0.1, -0.05) is 18.2 Å². The van der Waals surface area contributed by atoms with Crippen LogP contribution in [0, 0.1) is 5.82 Å². The molecule has 6 heteroatoms. The minimum absolute atomic E-state index is 0.0999. The predicted molar refractivity (Wildman–Crippen MR) is 88.7 cm³/mol. The molecule has 5 nitrogen and oxygen atoms in total. The van der Waals surface area contributed by atoms with E-state index in [2.05, 4.69) is 20.7 Å². The summed E-state index contributed by atoms with van der Waals surface area (Å²) in [7, 11) is 3.63. The van der Waals surface area contributed by atoms with Gasteiger partial charge in [-0.3, -0.25) is 9.67 Å². The van der Waals surface area contributed by atoms with Gasteiger partial charge in [-0.05, 0) is 24.5 Å². The van der Waals surface area contributed by atoms with E-state index in [4.69, 9.17) is 0 Å². The van der Waals surface area contributed by atoms with Crippen LogP contribution in [0.25, 0.3) is 0 Å². The van der Waals surface area contributed by atoms with Gasteiger partial charge in [0, 0.05) is 44.4 Å². The van der Waals surface area contributed by atoms with E-state index in [1.807, 2.05) is 31.6 Å². The van der Waals surface area contributed by atoms with Gasteiger partial charge in [-0.2, -0.15) is 5.10 Å². The Morgan fingerprint density at radius 2 is 2.13 bits per heavy atom. The van der Waals surface area contributed by atoms with E-state index in [1.165, 1.54) is 6.07 Å². The number of nitrogens with zero attached hydrogens (tertiary/aromatic N) is 3. The molecule has 0 unspecified atom stereocenters. The van der Waals surface area contributed by atoms with E-state index in [-0.39, 0.29) is 11.2 Å². The second-order valence-corrected chi connectivity index (χ2v) is 6.06. The SMILES string of the molecule is CN=C(NCc1cnn(C)c1)NCC1(c2ccccc2F)CC1. The van der Waals surface area contributed by atoms with Crippen LogP contribution in [-0.4, -0.2) is 29.3 Å². The van der Waals surface area contributed by atoms with Crippen LogP contribution < -0.4 is 10.6 Å². The molecule has 1 fully saturated rings. The van der Waals surface area contributed by atoms with Gasteiger partial charge in [0.15, 0.2) is 5.96 Å². The molecule has 1 saturated carbocycles. The van der Waals surface area contributed by atoms with Gasteiger partial charge in [-0.25, -0.2) is 4.39 Å². The van der Waals surface area contributed by atoms with E-state index in [0.717, 1.165) is 29.9 Å². The molecular weight excluding hydrogens is 293 g/mol. The zero-order valence-corrected chi connectivity index (χ0v) is 13.5. The van der Waals surface area contributed by atoms with Crippen LogP contribution in [0.5, 0.6) is 0 Å². The van der Waals surface area contributed by atoms with Crippen LogP contribution in [0.4, 0.5) is 4.39 Å². The van der Waals surface area contributed by atoms with E-state index >= 15 is 0 Å². The Morgan fingerprint density at radius 1 is 1.35 bits per heavy atom. The highest BCUT2D eigenvalue weighted by molar-refractivity contribution is 5.79. The largest absolute Gasteiger partial charge is 0.356 e. The molecule has 0 spiro atoms. The molecule has 23 heavy (non-hydrogen) atoms. The number of aliphatic imine (C=N–C) groups is 1. The molecule has 1 aromatic carbocycles. The Bertz CT molecular complexity index is 703. The summed E-state index contributed by atoms with van der Waals surface area (Å²) in [5, 5.41) is 10.7. The monoisotopic (exact) mass is 315 g/mol. The fourth-order valence-electron chi connectivity index (χ4n) is 2.81. The highest BCUT2D eigenvalue weighted by Gasteiger charge is 2.45. The molecule has 3 rings (SSSR count). The molecule has 0 amide bonds. The molecule has 1 aromatic heterocycles. The van der Waals surface area contributed by atoms with Crippen LogP contribution in [0.15, 0.2) is 41.7 Å². The number of benzene rings is 1. The highest BCUT2D eigenvalue weighted by Crippen LogP contribution is 2.48. The number of aryl methyl sites for hydroxylation is 1. The Balaban J connectivity index is 1.57. The fourth-order valence-corrected chi connectivity index (χ4v) is 2.81. The van der Waals surface area contributed by atoms with Crippen LogP contribution in [0.1, 0.15) is 24.0 Å². The van der Waals surface area contributed by atoms with Crippen molar-refractivity contribution in [2.45, 2.75) is 24.8 Å². The number of guanidine groups is 1. The normalized spacial score (nSPS) is 16.2. The smallest absolute Gasteiger partial charge is 0.191 e. The fraction of sp³-hybridized carbons (Fsp3) is 0.412. The van der Waals surface area contributed by atoms with E-state index < -0.39 is 0 Å². The lowest BCUT2D eigenvalue weighted by Crippen LogP contribution is -2.41. The second-order valence-electron chi connectivity index (χ2n) is 6.06. The van der Waals surface area contributed by atoms with Crippen LogP contribution >= 0.6 is 0 Å². The summed E-state index contributed by atoms with van der Waals surface area (Å²) in [5.74, 6) is 0.599. The molecule has 2 N–H and O–H groups in total. The Hall–Kier alpha value is -2.37. The van der Waals surface area contributed by atoms with Crippen LogP contribution in [-0.2, 0) is 19.0 Å². The van der Waals surface area contributed by atoms with Crippen molar-refractivity contribution in [2.75, 3.05) is 13.6 Å². The molecule has 1 aliphatic rings. The summed E-state index contributed by atoms with van der Waals surface area (Å²) in [6.45, 7) is 1.33. The van der Waals surface area contributed by atoms with Gasteiger partial charge in [0.25, 0.3) is 0 Å². The summed E-state index contributed by atoms with van der Waals surface area (Å²) in [4.78, 5) is 4.23. The van der Waals surface area contributed by atoms with Gasteiger partial charge in [0.1, 0.15) is 5.82 Å². The maximum atomic E-state index is 14.0. The molecule has 122 valence electrons. The Kier molecular flexibility index (Phi) is 4.32. The maximum Gasteiger partial charge on any atom is 0.191 e. The minimum atomic E-state index is -0.120. The molecule has 0 atom stereocenters. The van der Waals surface area contributed by atoms with E-state index in [9.17, 15) is 4.39 Å². The molecule has 0 radical (unpaired) electrons. The number of hydrogen-bond donors (Lipinski definition) is 2. The van der Waals surface area contributed by atoms with Gasteiger partial charge >= 0.3 is 0 Å². The average Bonchev–Trinajstić information content (AvgIpc) is 3.22. The summed E-state index contributed by atoms with van der Waals surface area (Å²) in [6.07, 6.45) is 5.78.